The van der Waals surface area contributed by atoms with Crippen molar-refractivity contribution >= 4 is 33.5 Å². The molecule has 0 aromatic carbocycles. The summed E-state index contributed by atoms with van der Waals surface area (Å²) in [6.45, 7) is 5.50. The minimum Gasteiger partial charge on any atom is -0.466 e. The Kier molecular flexibility index (Phi) is 3.61. The van der Waals surface area contributed by atoms with Crippen LogP contribution < -0.4 is 5.32 Å². The zero-order chi connectivity index (χ0) is 17.6. The van der Waals surface area contributed by atoms with Crippen molar-refractivity contribution in [3.05, 3.63) is 46.5 Å². The smallest absolute Gasteiger partial charge is 0.259 e. The number of aryl methyl sites for hydroxylation is 3. The van der Waals surface area contributed by atoms with E-state index in [1.54, 1.807) is 24.6 Å². The largest absolute Gasteiger partial charge is 0.466 e. The number of carbonyl (C=O) groups excluding carboxylic acids is 1. The predicted octanol–water partition coefficient (Wildman–Crippen LogP) is 4.12. The SMILES string of the molecule is Cc1cc(-c2cc(C(=O)Nc3nccs3)c3c(C)noc3n2)c(C)o1. The number of pyridine rings is 1. The van der Waals surface area contributed by atoms with Crippen molar-refractivity contribution in [2.45, 2.75) is 20.8 Å². The first-order valence-electron chi connectivity index (χ1n) is 7.58. The molecule has 0 radical (unpaired) electrons. The highest BCUT2D eigenvalue weighted by atomic mass is 32.1. The first kappa shape index (κ1) is 15.5. The van der Waals surface area contributed by atoms with E-state index in [0.717, 1.165) is 17.1 Å². The Morgan fingerprint density at radius 2 is 2.08 bits per heavy atom. The van der Waals surface area contributed by atoms with Gasteiger partial charge in [0, 0.05) is 17.1 Å². The van der Waals surface area contributed by atoms with Gasteiger partial charge < -0.3 is 8.94 Å². The summed E-state index contributed by atoms with van der Waals surface area (Å²) in [6.07, 6.45) is 1.64. The fourth-order valence-corrected chi connectivity index (χ4v) is 3.27. The number of nitrogens with one attached hydrogen (secondary N) is 1. The molecule has 0 saturated carbocycles. The van der Waals surface area contributed by atoms with Crippen LogP contribution in [0.4, 0.5) is 5.13 Å². The van der Waals surface area contributed by atoms with E-state index in [1.165, 1.54) is 11.3 Å². The van der Waals surface area contributed by atoms with E-state index in [0.29, 0.717) is 33.2 Å². The van der Waals surface area contributed by atoms with Gasteiger partial charge in [-0.2, -0.15) is 0 Å². The minimum atomic E-state index is -0.284. The highest BCUT2D eigenvalue weighted by molar-refractivity contribution is 7.13. The number of amides is 1. The van der Waals surface area contributed by atoms with Crippen LogP contribution in [0.3, 0.4) is 0 Å². The minimum absolute atomic E-state index is 0.284. The molecule has 8 heteroatoms. The normalized spacial score (nSPS) is 11.2. The Hall–Kier alpha value is -3.00. The number of thiazole rings is 1. The quantitative estimate of drug-likeness (QED) is 0.595. The van der Waals surface area contributed by atoms with Gasteiger partial charge in [0.05, 0.1) is 22.3 Å². The number of aromatic nitrogens is 3. The maximum atomic E-state index is 12.8. The number of furan rings is 1. The van der Waals surface area contributed by atoms with Gasteiger partial charge in [-0.25, -0.2) is 9.97 Å². The number of carbonyl (C=O) groups is 1. The molecule has 7 nitrogen and oxygen atoms in total. The summed E-state index contributed by atoms with van der Waals surface area (Å²) >= 11 is 1.35. The summed E-state index contributed by atoms with van der Waals surface area (Å²) < 4.78 is 10.9. The maximum Gasteiger partial charge on any atom is 0.259 e. The number of nitrogens with zero attached hydrogens (tertiary/aromatic N) is 3. The van der Waals surface area contributed by atoms with Crippen molar-refractivity contribution in [1.29, 1.82) is 0 Å². The number of hydrogen-bond acceptors (Lipinski definition) is 7. The second-order valence-corrected chi connectivity index (χ2v) is 6.52. The lowest BCUT2D eigenvalue weighted by Gasteiger charge is -2.06. The molecular weight excluding hydrogens is 340 g/mol. The molecule has 0 aliphatic rings. The van der Waals surface area contributed by atoms with Gasteiger partial charge in [-0.15, -0.1) is 11.3 Å². The van der Waals surface area contributed by atoms with E-state index < -0.39 is 0 Å². The molecule has 0 bridgehead atoms. The molecule has 0 unspecified atom stereocenters. The molecule has 126 valence electrons. The van der Waals surface area contributed by atoms with Crippen LogP contribution in [0.15, 0.2) is 32.6 Å². The van der Waals surface area contributed by atoms with E-state index in [9.17, 15) is 4.79 Å². The lowest BCUT2D eigenvalue weighted by molar-refractivity contribution is 0.102. The topological polar surface area (TPSA) is 94.1 Å². The molecule has 0 spiro atoms. The van der Waals surface area contributed by atoms with Crippen LogP contribution in [0.5, 0.6) is 0 Å². The summed E-state index contributed by atoms with van der Waals surface area (Å²) in [7, 11) is 0. The lowest BCUT2D eigenvalue weighted by atomic mass is 10.1. The summed E-state index contributed by atoms with van der Waals surface area (Å²) in [5, 5.41) is 9.66. The number of fused-ring (bicyclic) bond motifs is 1. The third-order valence-corrected chi connectivity index (χ3v) is 4.52. The lowest BCUT2D eigenvalue weighted by Crippen LogP contribution is -2.13. The molecule has 1 N–H and O–H groups in total. The van der Waals surface area contributed by atoms with E-state index in [1.807, 2.05) is 19.9 Å². The van der Waals surface area contributed by atoms with Crippen molar-refractivity contribution in [3.63, 3.8) is 0 Å². The number of anilines is 1. The molecule has 4 heterocycles. The van der Waals surface area contributed by atoms with Crippen LogP contribution in [-0.4, -0.2) is 21.0 Å². The zero-order valence-corrected chi connectivity index (χ0v) is 14.6. The average Bonchev–Trinajstić information content (AvgIpc) is 3.28. The molecule has 0 aliphatic heterocycles. The van der Waals surface area contributed by atoms with Gasteiger partial charge in [0.1, 0.15) is 11.5 Å². The monoisotopic (exact) mass is 354 g/mol. The van der Waals surface area contributed by atoms with E-state index in [-0.39, 0.29) is 5.91 Å². The molecule has 4 rings (SSSR count). The van der Waals surface area contributed by atoms with Crippen LogP contribution in [0.2, 0.25) is 0 Å². The summed E-state index contributed by atoms with van der Waals surface area (Å²) in [5.74, 6) is 1.22. The molecule has 0 fully saturated rings. The van der Waals surface area contributed by atoms with Crippen LogP contribution in [0, 0.1) is 20.8 Å². The van der Waals surface area contributed by atoms with Crippen LogP contribution in [0.1, 0.15) is 27.6 Å². The van der Waals surface area contributed by atoms with Crippen LogP contribution in [-0.2, 0) is 0 Å². The zero-order valence-electron chi connectivity index (χ0n) is 13.8. The van der Waals surface area contributed by atoms with E-state index in [4.69, 9.17) is 8.94 Å². The first-order valence-corrected chi connectivity index (χ1v) is 8.46. The second kappa shape index (κ2) is 5.82. The summed E-state index contributed by atoms with van der Waals surface area (Å²) in [4.78, 5) is 21.4. The highest BCUT2D eigenvalue weighted by Crippen LogP contribution is 2.30. The standard InChI is InChI=1S/C17H14N4O3S/c1-8-6-11(10(3)23-8)13-7-12(14-9(2)21-24-16(14)19-13)15(22)20-17-18-4-5-25-17/h4-7H,1-3H3,(H,18,20,22). The van der Waals surface area contributed by atoms with Gasteiger partial charge in [0.15, 0.2) is 5.13 Å². The molecule has 0 atom stereocenters. The van der Waals surface area contributed by atoms with Gasteiger partial charge in [-0.05, 0) is 32.9 Å². The molecule has 4 aromatic heterocycles. The second-order valence-electron chi connectivity index (χ2n) is 5.62. The number of rotatable bonds is 3. The first-order chi connectivity index (χ1) is 12.0. The van der Waals surface area contributed by atoms with Gasteiger partial charge in [-0.1, -0.05) is 5.16 Å². The maximum absolute atomic E-state index is 12.8. The van der Waals surface area contributed by atoms with Crippen molar-refractivity contribution in [2.24, 2.45) is 0 Å². The van der Waals surface area contributed by atoms with Crippen molar-refractivity contribution in [3.8, 4) is 11.3 Å². The van der Waals surface area contributed by atoms with Crippen molar-refractivity contribution < 1.29 is 13.7 Å². The predicted molar refractivity (Wildman–Crippen MR) is 93.8 cm³/mol. The summed E-state index contributed by atoms with van der Waals surface area (Å²) in [6, 6.07) is 3.61. The Morgan fingerprint density at radius 1 is 1.24 bits per heavy atom. The molecule has 0 aliphatic carbocycles. The molecule has 25 heavy (non-hydrogen) atoms. The van der Waals surface area contributed by atoms with Crippen LogP contribution in [0.25, 0.3) is 22.4 Å². The third-order valence-electron chi connectivity index (χ3n) is 3.83. The van der Waals surface area contributed by atoms with Crippen LogP contribution >= 0.6 is 11.3 Å². The molecule has 1 amide bonds. The van der Waals surface area contributed by atoms with E-state index in [2.05, 4.69) is 20.4 Å². The molecular formula is C17H14N4O3S. The Bertz CT molecular complexity index is 1080. The Morgan fingerprint density at radius 3 is 2.76 bits per heavy atom. The molecule has 4 aromatic rings. The van der Waals surface area contributed by atoms with E-state index >= 15 is 0 Å². The Labute approximate surface area is 146 Å². The average molecular weight is 354 g/mol. The highest BCUT2D eigenvalue weighted by Gasteiger charge is 2.21. The summed E-state index contributed by atoms with van der Waals surface area (Å²) in [5.41, 5.74) is 2.78. The molecule has 0 saturated heterocycles. The fourth-order valence-electron chi connectivity index (χ4n) is 2.75. The number of hydrogen-bond donors (Lipinski definition) is 1. The van der Waals surface area contributed by atoms with Crippen molar-refractivity contribution in [2.75, 3.05) is 5.32 Å². The van der Waals surface area contributed by atoms with Gasteiger partial charge in [0.25, 0.3) is 11.6 Å². The van der Waals surface area contributed by atoms with Gasteiger partial charge >= 0.3 is 0 Å². The van der Waals surface area contributed by atoms with Crippen molar-refractivity contribution in [1.82, 2.24) is 15.1 Å². The Balaban J connectivity index is 1.87. The van der Waals surface area contributed by atoms with Gasteiger partial charge in [0.2, 0.25) is 0 Å². The third kappa shape index (κ3) is 2.70. The fraction of sp³-hybridized carbons (Fsp3) is 0.176. The van der Waals surface area contributed by atoms with Gasteiger partial charge in [-0.3, -0.25) is 10.1 Å².